The third kappa shape index (κ3) is 2.97. The lowest BCUT2D eigenvalue weighted by Gasteiger charge is -2.04. The third-order valence-corrected chi connectivity index (χ3v) is 4.81. The molecule has 0 saturated carbocycles. The quantitative estimate of drug-likeness (QED) is 0.666. The Morgan fingerprint density at radius 3 is 2.71 bits per heavy atom. The van der Waals surface area contributed by atoms with Gasteiger partial charge < -0.3 is 16.8 Å². The molecule has 0 atom stereocenters. The van der Waals surface area contributed by atoms with Crippen LogP contribution in [0.1, 0.15) is 20.8 Å². The number of carbonyl (C=O) groups excluding carboxylic acids is 1. The largest absolute Gasteiger partial charge is 0.397 e. The third-order valence-electron chi connectivity index (χ3n) is 3.44. The van der Waals surface area contributed by atoms with Crippen LogP contribution in [0.4, 0.5) is 11.5 Å². The molecule has 0 unspecified atom stereocenters. The fraction of sp³-hybridized carbons (Fsp3) is 0.0625. The summed E-state index contributed by atoms with van der Waals surface area (Å²) in [7, 11) is 0. The first-order chi connectivity index (χ1) is 11.5. The molecule has 0 saturated heterocycles. The Morgan fingerprint density at radius 2 is 2.04 bits per heavy atom. The number of hydrogen-bond donors (Lipinski definition) is 3. The topological polar surface area (TPSA) is 118 Å². The minimum Gasteiger partial charge on any atom is -0.397 e. The van der Waals surface area contributed by atoms with Crippen molar-refractivity contribution >= 4 is 50.6 Å². The fourth-order valence-electron chi connectivity index (χ4n) is 2.18. The molecule has 0 aliphatic carbocycles. The average Bonchev–Trinajstić information content (AvgIpc) is 2.89. The number of rotatable bonds is 3. The number of benzene rings is 1. The summed E-state index contributed by atoms with van der Waals surface area (Å²) in [5, 5.41) is 13.0. The Labute approximate surface area is 146 Å². The zero-order valence-electron chi connectivity index (χ0n) is 12.3. The van der Waals surface area contributed by atoms with Crippen LogP contribution in [0.5, 0.6) is 0 Å². The smallest absolute Gasteiger partial charge is 0.263 e. The van der Waals surface area contributed by atoms with E-state index in [1.54, 1.807) is 18.2 Å². The second-order valence-electron chi connectivity index (χ2n) is 5.04. The van der Waals surface area contributed by atoms with E-state index >= 15 is 0 Å². The van der Waals surface area contributed by atoms with Gasteiger partial charge in [0, 0.05) is 17.0 Å². The Morgan fingerprint density at radius 1 is 1.33 bits per heavy atom. The molecule has 0 fully saturated rings. The zero-order chi connectivity index (χ0) is 17.3. The van der Waals surface area contributed by atoms with Gasteiger partial charge in [-0.3, -0.25) is 4.79 Å². The van der Waals surface area contributed by atoms with Crippen molar-refractivity contribution in [2.75, 3.05) is 11.5 Å². The van der Waals surface area contributed by atoms with Gasteiger partial charge in [0.25, 0.3) is 5.91 Å². The molecular weight excluding hydrogens is 346 g/mol. The minimum atomic E-state index is -0.303. The van der Waals surface area contributed by atoms with Crippen molar-refractivity contribution in [1.82, 2.24) is 10.3 Å². The highest BCUT2D eigenvalue weighted by molar-refractivity contribution is 7.21. The maximum Gasteiger partial charge on any atom is 0.263 e. The van der Waals surface area contributed by atoms with Crippen molar-refractivity contribution < 1.29 is 4.79 Å². The summed E-state index contributed by atoms with van der Waals surface area (Å²) >= 11 is 6.98. The van der Waals surface area contributed by atoms with Crippen LogP contribution in [0.25, 0.3) is 10.2 Å². The number of pyridine rings is 1. The number of carbonyl (C=O) groups is 1. The van der Waals surface area contributed by atoms with Crippen LogP contribution in [-0.2, 0) is 6.54 Å². The summed E-state index contributed by atoms with van der Waals surface area (Å²) < 4.78 is 0. The lowest BCUT2D eigenvalue weighted by atomic mass is 10.2. The highest BCUT2D eigenvalue weighted by Crippen LogP contribution is 2.34. The van der Waals surface area contributed by atoms with Crippen molar-refractivity contribution in [3.8, 4) is 6.07 Å². The average molecular weight is 358 g/mol. The Bertz CT molecular complexity index is 975. The standard InChI is InChI=1S/C16H12ClN5OS/c17-10-3-1-8(2-4-10)7-21-15(23)13-12(19)11-5-9(6-18)14(20)22-16(11)24-13/h1-5H,7,19H2,(H2,20,22)(H,21,23). The molecule has 5 N–H and O–H groups in total. The summed E-state index contributed by atoms with van der Waals surface area (Å²) in [4.78, 5) is 17.4. The number of nitrogens with two attached hydrogens (primary N) is 2. The van der Waals surface area contributed by atoms with Gasteiger partial charge in [0.2, 0.25) is 0 Å². The Kier molecular flexibility index (Phi) is 4.25. The first kappa shape index (κ1) is 16.1. The van der Waals surface area contributed by atoms with E-state index < -0.39 is 0 Å². The second kappa shape index (κ2) is 6.35. The number of aromatic nitrogens is 1. The number of fused-ring (bicyclic) bond motifs is 1. The molecule has 120 valence electrons. The molecule has 2 heterocycles. The number of anilines is 2. The lowest BCUT2D eigenvalue weighted by Crippen LogP contribution is -2.22. The van der Waals surface area contributed by atoms with Crippen LogP contribution in [0.2, 0.25) is 5.02 Å². The van der Waals surface area contributed by atoms with Gasteiger partial charge in [0.1, 0.15) is 21.6 Å². The van der Waals surface area contributed by atoms with Crippen molar-refractivity contribution in [3.05, 3.63) is 51.4 Å². The van der Waals surface area contributed by atoms with E-state index in [0.717, 1.165) is 16.9 Å². The van der Waals surface area contributed by atoms with E-state index in [2.05, 4.69) is 10.3 Å². The molecular formula is C16H12ClN5OS. The van der Waals surface area contributed by atoms with Gasteiger partial charge in [-0.15, -0.1) is 11.3 Å². The fourth-order valence-corrected chi connectivity index (χ4v) is 3.30. The van der Waals surface area contributed by atoms with Gasteiger partial charge in [-0.25, -0.2) is 4.98 Å². The second-order valence-corrected chi connectivity index (χ2v) is 6.48. The van der Waals surface area contributed by atoms with Crippen LogP contribution in [0, 0.1) is 11.3 Å². The van der Waals surface area contributed by atoms with Crippen molar-refractivity contribution in [3.63, 3.8) is 0 Å². The number of nitriles is 1. The van der Waals surface area contributed by atoms with Gasteiger partial charge in [-0.2, -0.15) is 5.26 Å². The van der Waals surface area contributed by atoms with E-state index in [1.165, 1.54) is 0 Å². The molecule has 0 spiro atoms. The zero-order valence-corrected chi connectivity index (χ0v) is 13.9. The van der Waals surface area contributed by atoms with E-state index in [4.69, 9.17) is 28.3 Å². The molecule has 3 rings (SSSR count). The maximum atomic E-state index is 12.4. The van der Waals surface area contributed by atoms with Crippen molar-refractivity contribution in [2.24, 2.45) is 0 Å². The molecule has 1 amide bonds. The number of halogens is 1. The predicted octanol–water partition coefficient (Wildman–Crippen LogP) is 2.92. The number of nitrogens with zero attached hydrogens (tertiary/aromatic N) is 2. The summed E-state index contributed by atoms with van der Waals surface area (Å²) in [6, 6.07) is 10.7. The Hall–Kier alpha value is -2.82. The molecule has 3 aromatic rings. The summed E-state index contributed by atoms with van der Waals surface area (Å²) in [6.07, 6.45) is 0. The van der Waals surface area contributed by atoms with Crippen molar-refractivity contribution in [2.45, 2.75) is 6.54 Å². The predicted molar refractivity (Wildman–Crippen MR) is 95.8 cm³/mol. The Balaban J connectivity index is 1.86. The minimum absolute atomic E-state index is 0.124. The highest BCUT2D eigenvalue weighted by atomic mass is 35.5. The van der Waals surface area contributed by atoms with E-state index in [-0.39, 0.29) is 17.3 Å². The summed E-state index contributed by atoms with van der Waals surface area (Å²) in [5.74, 6) is -0.179. The molecule has 24 heavy (non-hydrogen) atoms. The molecule has 1 aromatic carbocycles. The molecule has 0 bridgehead atoms. The van der Waals surface area contributed by atoms with Crippen LogP contribution in [0.3, 0.4) is 0 Å². The first-order valence-corrected chi connectivity index (χ1v) is 8.10. The molecule has 8 heteroatoms. The lowest BCUT2D eigenvalue weighted by molar-refractivity contribution is 0.0956. The number of nitrogen functional groups attached to an aromatic ring is 2. The van der Waals surface area contributed by atoms with Gasteiger partial charge in [-0.1, -0.05) is 23.7 Å². The molecule has 6 nitrogen and oxygen atoms in total. The van der Waals surface area contributed by atoms with Gasteiger partial charge in [0.05, 0.1) is 11.3 Å². The van der Waals surface area contributed by atoms with Crippen LogP contribution < -0.4 is 16.8 Å². The van der Waals surface area contributed by atoms with Crippen LogP contribution >= 0.6 is 22.9 Å². The molecule has 2 aromatic heterocycles. The highest BCUT2D eigenvalue weighted by Gasteiger charge is 2.18. The van der Waals surface area contributed by atoms with Gasteiger partial charge in [0.15, 0.2) is 0 Å². The summed E-state index contributed by atoms with van der Waals surface area (Å²) in [6.45, 7) is 0.350. The number of thiophene rings is 1. The normalized spacial score (nSPS) is 10.5. The maximum absolute atomic E-state index is 12.4. The molecule has 0 aliphatic rings. The van der Waals surface area contributed by atoms with E-state index in [0.29, 0.717) is 32.3 Å². The monoisotopic (exact) mass is 357 g/mol. The van der Waals surface area contributed by atoms with E-state index in [1.807, 2.05) is 18.2 Å². The number of hydrogen-bond acceptors (Lipinski definition) is 6. The molecule has 0 aliphatic heterocycles. The van der Waals surface area contributed by atoms with E-state index in [9.17, 15) is 4.79 Å². The first-order valence-electron chi connectivity index (χ1n) is 6.91. The molecule has 0 radical (unpaired) electrons. The number of amides is 1. The van der Waals surface area contributed by atoms with Gasteiger partial charge in [-0.05, 0) is 23.8 Å². The SMILES string of the molecule is N#Cc1cc2c(N)c(C(=O)NCc3ccc(Cl)cc3)sc2nc1N. The summed E-state index contributed by atoms with van der Waals surface area (Å²) in [5.41, 5.74) is 13.2. The van der Waals surface area contributed by atoms with Gasteiger partial charge >= 0.3 is 0 Å². The van der Waals surface area contributed by atoms with Crippen LogP contribution in [0.15, 0.2) is 30.3 Å². The van der Waals surface area contributed by atoms with Crippen LogP contribution in [-0.4, -0.2) is 10.9 Å². The number of nitrogens with one attached hydrogen (secondary N) is 1. The van der Waals surface area contributed by atoms with Crippen molar-refractivity contribution in [1.29, 1.82) is 5.26 Å².